The molecule has 1 aliphatic heterocycles. The first-order valence-corrected chi connectivity index (χ1v) is 10.6. The molecule has 1 aromatic heterocycles. The van der Waals surface area contributed by atoms with Crippen molar-refractivity contribution in [2.75, 3.05) is 11.5 Å². The van der Waals surface area contributed by atoms with E-state index in [1.807, 2.05) is 48.9 Å². The highest BCUT2D eigenvalue weighted by molar-refractivity contribution is 7.91. The van der Waals surface area contributed by atoms with E-state index in [4.69, 9.17) is 0 Å². The highest BCUT2D eigenvalue weighted by atomic mass is 32.2. The molecular formula is C19H25N3O3S. The van der Waals surface area contributed by atoms with E-state index in [1.165, 1.54) is 0 Å². The molecule has 1 atom stereocenters. The lowest BCUT2D eigenvalue weighted by Gasteiger charge is -2.23. The van der Waals surface area contributed by atoms with E-state index in [1.54, 1.807) is 6.92 Å². The number of amides is 1. The largest absolute Gasteiger partial charge is 0.350 e. The Kier molecular flexibility index (Phi) is 4.92. The van der Waals surface area contributed by atoms with Crippen molar-refractivity contribution < 1.29 is 13.2 Å². The number of hydrogen-bond acceptors (Lipinski definition) is 4. The molecule has 0 bridgehead atoms. The maximum Gasteiger partial charge on any atom is 0.220 e. The van der Waals surface area contributed by atoms with Crippen molar-refractivity contribution in [2.24, 2.45) is 0 Å². The molecule has 3 rings (SSSR count). The first kappa shape index (κ1) is 18.6. The standard InChI is InChI=1S/C19H25N3O3S/c1-14-17(15(2)22(21-14)16-7-5-4-6-8-16)9-10-18(23)20-19(3)11-12-26(24,25)13-19/h4-8H,9-13H2,1-3H3,(H,20,23)/t19-/m1/s1. The lowest BCUT2D eigenvalue weighted by atomic mass is 10.0. The van der Waals surface area contributed by atoms with Gasteiger partial charge in [0, 0.05) is 12.1 Å². The monoisotopic (exact) mass is 375 g/mol. The van der Waals surface area contributed by atoms with Crippen LogP contribution in [0.15, 0.2) is 30.3 Å². The molecule has 1 aliphatic rings. The summed E-state index contributed by atoms with van der Waals surface area (Å²) in [7, 11) is -3.04. The van der Waals surface area contributed by atoms with Crippen LogP contribution in [0.25, 0.3) is 5.69 Å². The van der Waals surface area contributed by atoms with E-state index >= 15 is 0 Å². The van der Waals surface area contributed by atoms with Gasteiger partial charge in [-0.1, -0.05) is 18.2 Å². The summed E-state index contributed by atoms with van der Waals surface area (Å²) in [6.45, 7) is 5.76. The van der Waals surface area contributed by atoms with Crippen LogP contribution in [0, 0.1) is 13.8 Å². The molecular weight excluding hydrogens is 350 g/mol. The summed E-state index contributed by atoms with van der Waals surface area (Å²) in [5.41, 5.74) is 3.35. The van der Waals surface area contributed by atoms with Crippen LogP contribution >= 0.6 is 0 Å². The third kappa shape index (κ3) is 3.98. The Morgan fingerprint density at radius 3 is 2.58 bits per heavy atom. The third-order valence-electron chi connectivity index (χ3n) is 4.99. The Balaban J connectivity index is 1.67. The minimum absolute atomic E-state index is 0.0235. The number of nitrogens with zero attached hydrogens (tertiary/aromatic N) is 2. The molecule has 26 heavy (non-hydrogen) atoms. The van der Waals surface area contributed by atoms with E-state index in [0.717, 1.165) is 22.6 Å². The second-order valence-electron chi connectivity index (χ2n) is 7.35. The predicted octanol–water partition coefficient (Wildman–Crippen LogP) is 2.12. The molecule has 1 amide bonds. The van der Waals surface area contributed by atoms with Gasteiger partial charge in [-0.15, -0.1) is 0 Å². The SMILES string of the molecule is Cc1nn(-c2ccccc2)c(C)c1CCC(=O)N[C@]1(C)CCS(=O)(=O)C1. The number of carbonyl (C=O) groups excluding carboxylic acids is 1. The van der Waals surface area contributed by atoms with E-state index in [0.29, 0.717) is 19.3 Å². The second-order valence-corrected chi connectivity index (χ2v) is 9.53. The van der Waals surface area contributed by atoms with Crippen molar-refractivity contribution in [3.63, 3.8) is 0 Å². The van der Waals surface area contributed by atoms with Crippen LogP contribution in [-0.2, 0) is 21.1 Å². The van der Waals surface area contributed by atoms with Gasteiger partial charge in [-0.05, 0) is 51.3 Å². The average molecular weight is 375 g/mol. The molecule has 1 N–H and O–H groups in total. The zero-order valence-corrected chi connectivity index (χ0v) is 16.3. The van der Waals surface area contributed by atoms with Crippen LogP contribution in [0.2, 0.25) is 0 Å². The van der Waals surface area contributed by atoms with Crippen LogP contribution in [-0.4, -0.2) is 41.2 Å². The van der Waals surface area contributed by atoms with Crippen LogP contribution in [0.1, 0.15) is 36.7 Å². The lowest BCUT2D eigenvalue weighted by Crippen LogP contribution is -2.47. The van der Waals surface area contributed by atoms with Crippen molar-refractivity contribution in [1.82, 2.24) is 15.1 Å². The molecule has 1 aromatic carbocycles. The number of hydrogen-bond donors (Lipinski definition) is 1. The maximum atomic E-state index is 12.4. The summed E-state index contributed by atoms with van der Waals surface area (Å²) in [6, 6.07) is 9.89. The topological polar surface area (TPSA) is 81.1 Å². The van der Waals surface area contributed by atoms with Gasteiger partial charge in [0.05, 0.1) is 28.4 Å². The summed E-state index contributed by atoms with van der Waals surface area (Å²) in [6.07, 6.45) is 1.38. The number of aromatic nitrogens is 2. The summed E-state index contributed by atoms with van der Waals surface area (Å²) in [4.78, 5) is 12.4. The minimum Gasteiger partial charge on any atom is -0.350 e. The van der Waals surface area contributed by atoms with Crippen molar-refractivity contribution in [2.45, 2.75) is 45.6 Å². The van der Waals surface area contributed by atoms with Gasteiger partial charge in [0.1, 0.15) is 0 Å². The molecule has 1 saturated heterocycles. The van der Waals surface area contributed by atoms with Gasteiger partial charge in [-0.3, -0.25) is 4.79 Å². The van der Waals surface area contributed by atoms with Crippen molar-refractivity contribution in [3.05, 3.63) is 47.3 Å². The highest BCUT2D eigenvalue weighted by Gasteiger charge is 2.39. The molecule has 1 fully saturated rings. The molecule has 0 saturated carbocycles. The zero-order chi connectivity index (χ0) is 18.9. The Morgan fingerprint density at radius 1 is 1.27 bits per heavy atom. The molecule has 7 heteroatoms. The number of carbonyl (C=O) groups is 1. The summed E-state index contributed by atoms with van der Waals surface area (Å²) >= 11 is 0. The van der Waals surface area contributed by atoms with Crippen molar-refractivity contribution in [1.29, 1.82) is 0 Å². The van der Waals surface area contributed by atoms with E-state index in [9.17, 15) is 13.2 Å². The van der Waals surface area contributed by atoms with Crippen LogP contribution in [0.5, 0.6) is 0 Å². The zero-order valence-electron chi connectivity index (χ0n) is 15.4. The van der Waals surface area contributed by atoms with E-state index in [-0.39, 0.29) is 17.4 Å². The first-order valence-electron chi connectivity index (χ1n) is 8.81. The summed E-state index contributed by atoms with van der Waals surface area (Å²) in [5, 5.41) is 7.51. The van der Waals surface area contributed by atoms with Gasteiger partial charge in [0.15, 0.2) is 9.84 Å². The fourth-order valence-corrected chi connectivity index (χ4v) is 5.70. The molecule has 0 spiro atoms. The van der Waals surface area contributed by atoms with Crippen molar-refractivity contribution in [3.8, 4) is 5.69 Å². The number of aryl methyl sites for hydroxylation is 1. The normalized spacial score (nSPS) is 21.7. The number of nitrogens with one attached hydrogen (secondary N) is 1. The molecule has 140 valence electrons. The van der Waals surface area contributed by atoms with Gasteiger partial charge in [-0.2, -0.15) is 5.10 Å². The number of para-hydroxylation sites is 1. The lowest BCUT2D eigenvalue weighted by molar-refractivity contribution is -0.122. The maximum absolute atomic E-state index is 12.4. The molecule has 2 aromatic rings. The summed E-state index contributed by atoms with van der Waals surface area (Å²) in [5.74, 6) is 0.0533. The van der Waals surface area contributed by atoms with E-state index < -0.39 is 15.4 Å². The number of rotatable bonds is 5. The Hall–Kier alpha value is -2.15. The fraction of sp³-hybridized carbons (Fsp3) is 0.474. The molecule has 6 nitrogen and oxygen atoms in total. The van der Waals surface area contributed by atoms with E-state index in [2.05, 4.69) is 10.4 Å². The Bertz CT molecular complexity index is 919. The molecule has 0 radical (unpaired) electrons. The van der Waals surface area contributed by atoms with Crippen LogP contribution in [0.3, 0.4) is 0 Å². The van der Waals surface area contributed by atoms with Gasteiger partial charge in [-0.25, -0.2) is 13.1 Å². The van der Waals surface area contributed by atoms with Gasteiger partial charge in [0.25, 0.3) is 0 Å². The molecule has 0 aliphatic carbocycles. The smallest absolute Gasteiger partial charge is 0.220 e. The second kappa shape index (κ2) is 6.87. The Labute approximate surface area is 154 Å². The van der Waals surface area contributed by atoms with Crippen molar-refractivity contribution >= 4 is 15.7 Å². The van der Waals surface area contributed by atoms with Gasteiger partial charge in [0.2, 0.25) is 5.91 Å². The fourth-order valence-electron chi connectivity index (χ4n) is 3.60. The molecule has 0 unspecified atom stereocenters. The highest BCUT2D eigenvalue weighted by Crippen LogP contribution is 2.23. The number of sulfone groups is 1. The summed E-state index contributed by atoms with van der Waals surface area (Å²) < 4.78 is 25.2. The average Bonchev–Trinajstić information content (AvgIpc) is 3.01. The molecule has 2 heterocycles. The van der Waals surface area contributed by atoms with Crippen LogP contribution in [0.4, 0.5) is 0 Å². The quantitative estimate of drug-likeness (QED) is 0.868. The number of benzene rings is 1. The first-order chi connectivity index (χ1) is 12.2. The van der Waals surface area contributed by atoms with Crippen LogP contribution < -0.4 is 5.32 Å². The minimum atomic E-state index is -3.04. The predicted molar refractivity (Wildman–Crippen MR) is 101 cm³/mol. The van der Waals surface area contributed by atoms with Gasteiger partial charge >= 0.3 is 0 Å². The van der Waals surface area contributed by atoms with Gasteiger partial charge < -0.3 is 5.32 Å². The Morgan fingerprint density at radius 2 is 1.96 bits per heavy atom. The third-order valence-corrected chi connectivity index (χ3v) is 6.89.